The Hall–Kier alpha value is -0.860. The molecule has 0 amide bonds. The van der Waals surface area contributed by atoms with Gasteiger partial charge in [0.15, 0.2) is 12.0 Å². The smallest absolute Gasteiger partial charge is 0.182 e. The number of nitrogens with two attached hydrogens (primary N) is 1. The molecule has 0 aliphatic rings. The maximum absolute atomic E-state index is 9.76. The first-order valence-electron chi connectivity index (χ1n) is 1.44. The van der Waals surface area contributed by atoms with Crippen molar-refractivity contribution < 1.29 is 4.79 Å². The van der Waals surface area contributed by atoms with Crippen LogP contribution in [0.25, 0.3) is 0 Å². The number of Topliss-reactive ketones (excluding diaryl/α,β-unsaturated/α-hetero) is 1. The highest BCUT2D eigenvalue weighted by Crippen LogP contribution is 1.53. The maximum atomic E-state index is 9.76. The summed E-state index contributed by atoms with van der Waals surface area (Å²) in [5, 5.41) is 2.84. The highest BCUT2D eigenvalue weighted by Gasteiger charge is 1.77. The van der Waals surface area contributed by atoms with Crippen LogP contribution in [-0.4, -0.2) is 12.0 Å². The van der Waals surface area contributed by atoms with E-state index < -0.39 is 0 Å². The maximum Gasteiger partial charge on any atom is 0.182 e. The summed E-state index contributed by atoms with van der Waals surface area (Å²) in [4.78, 5) is 9.76. The van der Waals surface area contributed by atoms with Gasteiger partial charge in [0.25, 0.3) is 0 Å². The van der Waals surface area contributed by atoms with Crippen LogP contribution in [0.1, 0.15) is 6.92 Å². The van der Waals surface area contributed by atoms with Crippen LogP contribution in [-0.2, 0) is 4.79 Å². The van der Waals surface area contributed by atoms with Crippen LogP contribution in [0.5, 0.6) is 0 Å². The van der Waals surface area contributed by atoms with Gasteiger partial charge in [-0.1, -0.05) is 0 Å². The zero-order valence-corrected chi connectivity index (χ0v) is 3.43. The zero-order chi connectivity index (χ0) is 4.99. The molecule has 3 nitrogen and oxygen atoms in total. The molecule has 1 radical (unpaired) electrons. The molecule has 0 unspecified atom stereocenters. The van der Waals surface area contributed by atoms with Crippen molar-refractivity contribution in [3.05, 3.63) is 0 Å². The van der Waals surface area contributed by atoms with Gasteiger partial charge in [-0.25, -0.2) is 0 Å². The van der Waals surface area contributed by atoms with Gasteiger partial charge in [0.2, 0.25) is 0 Å². The normalized spacial score (nSPS) is 9.50. The first-order valence-corrected chi connectivity index (χ1v) is 1.44. The van der Waals surface area contributed by atoms with E-state index in [1.165, 1.54) is 6.92 Å². The van der Waals surface area contributed by atoms with Crippen LogP contribution < -0.4 is 5.84 Å². The summed E-state index contributed by atoms with van der Waals surface area (Å²) in [6.07, 6.45) is 1.97. The van der Waals surface area contributed by atoms with E-state index in [2.05, 4.69) is 10.9 Å². The second kappa shape index (κ2) is 2.38. The first kappa shape index (κ1) is 5.14. The second-order valence-electron chi connectivity index (χ2n) is 0.797. The van der Waals surface area contributed by atoms with Crippen molar-refractivity contribution in [3.8, 4) is 0 Å². The Morgan fingerprint density at radius 1 is 2.00 bits per heavy atom. The van der Waals surface area contributed by atoms with Crippen molar-refractivity contribution in [3.63, 3.8) is 0 Å². The highest BCUT2D eigenvalue weighted by atomic mass is 16.1. The summed E-state index contributed by atoms with van der Waals surface area (Å²) in [5.41, 5.74) is 0. The Labute approximate surface area is 35.8 Å². The van der Waals surface area contributed by atoms with Crippen LogP contribution in [0.15, 0.2) is 5.10 Å². The lowest BCUT2D eigenvalue weighted by molar-refractivity contribution is -0.110. The fraction of sp³-hybridized carbons (Fsp3) is 0.333. The molecule has 2 N–H and O–H groups in total. The Kier molecular flexibility index (Phi) is 2.04. The third-order valence-electron chi connectivity index (χ3n) is 0.222. The number of carbonyl (C=O) groups excluding carboxylic acids is 1. The van der Waals surface area contributed by atoms with E-state index in [1.54, 1.807) is 0 Å². The molecule has 0 aromatic rings. The monoisotopic (exact) mass is 85.0 g/mol. The van der Waals surface area contributed by atoms with Crippen molar-refractivity contribution in [2.45, 2.75) is 6.92 Å². The summed E-state index contributed by atoms with van der Waals surface area (Å²) in [5.74, 6) is 4.27. The average molecular weight is 85.1 g/mol. The fourth-order valence-electron chi connectivity index (χ4n) is 0.0909. The minimum absolute atomic E-state index is 0.252. The molecule has 6 heavy (non-hydrogen) atoms. The predicted octanol–water partition coefficient (Wildman–Crippen LogP) is -0.603. The molecule has 0 aromatic carbocycles. The van der Waals surface area contributed by atoms with E-state index in [4.69, 9.17) is 0 Å². The summed E-state index contributed by atoms with van der Waals surface area (Å²) < 4.78 is 0. The molecule has 0 saturated heterocycles. The molecule has 3 heteroatoms. The second-order valence-corrected chi connectivity index (χ2v) is 0.797. The van der Waals surface area contributed by atoms with Crippen molar-refractivity contribution in [1.82, 2.24) is 0 Å². The van der Waals surface area contributed by atoms with Gasteiger partial charge in [-0.2, -0.15) is 5.10 Å². The first-order chi connectivity index (χ1) is 2.77. The largest absolute Gasteiger partial charge is 0.323 e. The Morgan fingerprint density at radius 3 is 2.50 bits per heavy atom. The van der Waals surface area contributed by atoms with Crippen LogP contribution in [0, 0.1) is 0 Å². The van der Waals surface area contributed by atoms with Gasteiger partial charge in [0.05, 0.1) is 0 Å². The van der Waals surface area contributed by atoms with Crippen LogP contribution >= 0.6 is 0 Å². The lowest BCUT2D eigenvalue weighted by Crippen LogP contribution is -1.92. The number of hydrogen-bond acceptors (Lipinski definition) is 3. The highest BCUT2D eigenvalue weighted by molar-refractivity contribution is 6.26. The van der Waals surface area contributed by atoms with Gasteiger partial charge in [-0.05, 0) is 0 Å². The van der Waals surface area contributed by atoms with Gasteiger partial charge in [-0.15, -0.1) is 0 Å². The van der Waals surface area contributed by atoms with Crippen molar-refractivity contribution in [1.29, 1.82) is 0 Å². The lowest BCUT2D eigenvalue weighted by Gasteiger charge is -1.66. The Bertz CT molecular complexity index is 76.9. The summed E-state index contributed by atoms with van der Waals surface area (Å²) >= 11 is 0. The number of hydrogen-bond donors (Lipinski definition) is 1. The van der Waals surface area contributed by atoms with Crippen LogP contribution in [0.3, 0.4) is 0 Å². The molecule has 0 fully saturated rings. The van der Waals surface area contributed by atoms with Gasteiger partial charge >= 0.3 is 0 Å². The summed E-state index contributed by atoms with van der Waals surface area (Å²) in [6, 6.07) is 0. The fourth-order valence-corrected chi connectivity index (χ4v) is 0.0909. The van der Waals surface area contributed by atoms with Crippen molar-refractivity contribution in [2.24, 2.45) is 10.9 Å². The molecule has 0 saturated carbocycles. The van der Waals surface area contributed by atoms with Crippen molar-refractivity contribution >= 4 is 12.0 Å². The molecule has 0 aliphatic carbocycles. The predicted molar refractivity (Wildman–Crippen MR) is 22.3 cm³/mol. The third-order valence-corrected chi connectivity index (χ3v) is 0.222. The van der Waals surface area contributed by atoms with E-state index in [0.29, 0.717) is 0 Å². The molecule has 0 heterocycles. The number of rotatable bonds is 1. The number of nitrogens with zero attached hydrogens (tertiary/aromatic N) is 1. The molecular weight excluding hydrogens is 80.0 g/mol. The SMILES string of the molecule is CC(=O)[C]=NN. The topological polar surface area (TPSA) is 55.5 Å². The minimum Gasteiger partial charge on any atom is -0.323 e. The zero-order valence-electron chi connectivity index (χ0n) is 3.43. The average Bonchev–Trinajstić information content (AvgIpc) is 1.35. The molecule has 0 spiro atoms. The number of carbonyl (C=O) groups is 1. The molecule has 0 atom stereocenters. The van der Waals surface area contributed by atoms with Gasteiger partial charge in [0, 0.05) is 6.92 Å². The third kappa shape index (κ3) is 3.14. The van der Waals surface area contributed by atoms with E-state index in [0.717, 1.165) is 0 Å². The van der Waals surface area contributed by atoms with Crippen molar-refractivity contribution in [2.75, 3.05) is 0 Å². The van der Waals surface area contributed by atoms with E-state index in [9.17, 15) is 4.79 Å². The summed E-state index contributed by atoms with van der Waals surface area (Å²) in [7, 11) is 0. The minimum atomic E-state index is -0.252. The molecule has 0 aromatic heterocycles. The number of ketones is 1. The molecular formula is C3H5N2O. The number of hydrazone groups is 1. The molecule has 0 bridgehead atoms. The van der Waals surface area contributed by atoms with Gasteiger partial charge in [0.1, 0.15) is 0 Å². The van der Waals surface area contributed by atoms with E-state index in [1.807, 2.05) is 6.21 Å². The standard InChI is InChI=1S/C3H5N2O/c1-3(6)2-5-4/h4H2,1H3. The van der Waals surface area contributed by atoms with Crippen LogP contribution in [0.2, 0.25) is 0 Å². The quantitative estimate of drug-likeness (QED) is 0.262. The van der Waals surface area contributed by atoms with Gasteiger partial charge in [-0.3, -0.25) is 4.79 Å². The Morgan fingerprint density at radius 2 is 2.50 bits per heavy atom. The Balaban J connectivity index is 3.30. The summed E-state index contributed by atoms with van der Waals surface area (Å²) in [6.45, 7) is 1.33. The molecule has 0 rings (SSSR count). The van der Waals surface area contributed by atoms with Gasteiger partial charge < -0.3 is 5.84 Å². The molecule has 33 valence electrons. The van der Waals surface area contributed by atoms with E-state index in [-0.39, 0.29) is 5.78 Å². The van der Waals surface area contributed by atoms with Crippen LogP contribution in [0.4, 0.5) is 0 Å². The lowest BCUT2D eigenvalue weighted by atomic mass is 10.5. The molecule has 0 aliphatic heterocycles. The van der Waals surface area contributed by atoms with E-state index >= 15 is 0 Å².